The van der Waals surface area contributed by atoms with Crippen LogP contribution in [0, 0.1) is 6.92 Å². The van der Waals surface area contributed by atoms with Crippen molar-refractivity contribution in [2.45, 2.75) is 32.3 Å². The lowest BCUT2D eigenvalue weighted by Crippen LogP contribution is -2.45. The highest BCUT2D eigenvalue weighted by atomic mass is 35.5. The van der Waals surface area contributed by atoms with Gasteiger partial charge in [-0.25, -0.2) is 4.98 Å². The van der Waals surface area contributed by atoms with Crippen molar-refractivity contribution in [2.75, 3.05) is 25.0 Å². The van der Waals surface area contributed by atoms with Crippen molar-refractivity contribution in [1.82, 2.24) is 10.3 Å². The standard InChI is InChI=1S/C18H21N3O2S.ClH/c1-11-16(14-6-5-12-3-2-4-13(12)9-14)20-18(24-11)21-17(22)15-10-19-7-8-23-15;/h5-6,9,15,19H,2-4,7-8,10H2,1H3,(H,20,21,22);1H. The normalized spacial score (nSPS) is 19.2. The molecule has 2 aromatic rings. The van der Waals surface area contributed by atoms with E-state index in [1.54, 1.807) is 0 Å². The number of amides is 1. The number of benzene rings is 1. The van der Waals surface area contributed by atoms with Crippen molar-refractivity contribution in [3.63, 3.8) is 0 Å². The number of thiazole rings is 1. The fourth-order valence-corrected chi connectivity index (χ4v) is 4.20. The zero-order valence-corrected chi connectivity index (χ0v) is 15.8. The molecule has 1 fully saturated rings. The van der Waals surface area contributed by atoms with E-state index in [4.69, 9.17) is 4.74 Å². The molecule has 2 heterocycles. The number of anilines is 1. The number of nitrogens with one attached hydrogen (secondary N) is 2. The van der Waals surface area contributed by atoms with Crippen molar-refractivity contribution in [3.8, 4) is 11.3 Å². The fraction of sp³-hybridized carbons (Fsp3) is 0.444. The minimum atomic E-state index is -0.439. The third-order valence-corrected chi connectivity index (χ3v) is 5.50. The van der Waals surface area contributed by atoms with E-state index in [0.717, 1.165) is 29.1 Å². The molecular weight excluding hydrogens is 358 g/mol. The van der Waals surface area contributed by atoms with Gasteiger partial charge in [-0.15, -0.1) is 23.7 Å². The highest BCUT2D eigenvalue weighted by Crippen LogP contribution is 2.33. The number of fused-ring (bicyclic) bond motifs is 1. The molecule has 134 valence electrons. The van der Waals surface area contributed by atoms with Crippen LogP contribution in [0.5, 0.6) is 0 Å². The van der Waals surface area contributed by atoms with Crippen LogP contribution >= 0.6 is 23.7 Å². The van der Waals surface area contributed by atoms with Gasteiger partial charge >= 0.3 is 0 Å². The van der Waals surface area contributed by atoms with Crippen LogP contribution in [0.3, 0.4) is 0 Å². The quantitative estimate of drug-likeness (QED) is 0.860. The Labute approximate surface area is 157 Å². The maximum atomic E-state index is 12.3. The van der Waals surface area contributed by atoms with E-state index in [-0.39, 0.29) is 18.3 Å². The first-order valence-electron chi connectivity index (χ1n) is 8.43. The van der Waals surface area contributed by atoms with Gasteiger partial charge in [0.25, 0.3) is 5.91 Å². The van der Waals surface area contributed by atoms with Crippen molar-refractivity contribution >= 4 is 34.8 Å². The first-order valence-corrected chi connectivity index (χ1v) is 9.25. The van der Waals surface area contributed by atoms with Crippen LogP contribution in [0.15, 0.2) is 18.2 Å². The van der Waals surface area contributed by atoms with E-state index in [1.165, 1.54) is 35.3 Å². The molecule has 1 aliphatic carbocycles. The Morgan fingerprint density at radius 3 is 3.00 bits per heavy atom. The van der Waals surface area contributed by atoms with Gasteiger partial charge in [-0.1, -0.05) is 12.1 Å². The molecule has 1 unspecified atom stereocenters. The first kappa shape index (κ1) is 18.3. The molecule has 1 aromatic carbocycles. The number of nitrogens with zero attached hydrogens (tertiary/aromatic N) is 1. The molecule has 1 amide bonds. The Kier molecular flexibility index (Phi) is 5.74. The molecule has 1 atom stereocenters. The van der Waals surface area contributed by atoms with Crippen molar-refractivity contribution in [3.05, 3.63) is 34.2 Å². The monoisotopic (exact) mass is 379 g/mol. The molecule has 7 heteroatoms. The van der Waals surface area contributed by atoms with Crippen LogP contribution in [0.25, 0.3) is 11.3 Å². The van der Waals surface area contributed by atoms with Crippen LogP contribution in [0.1, 0.15) is 22.4 Å². The van der Waals surface area contributed by atoms with E-state index in [0.29, 0.717) is 18.3 Å². The molecule has 2 N–H and O–H groups in total. The summed E-state index contributed by atoms with van der Waals surface area (Å²) in [4.78, 5) is 18.0. The summed E-state index contributed by atoms with van der Waals surface area (Å²) in [6.07, 6.45) is 3.14. The fourth-order valence-electron chi connectivity index (χ4n) is 3.36. The molecule has 1 aliphatic heterocycles. The maximum Gasteiger partial charge on any atom is 0.256 e. The highest BCUT2D eigenvalue weighted by Gasteiger charge is 2.23. The van der Waals surface area contributed by atoms with Gasteiger partial charge in [-0.3, -0.25) is 10.1 Å². The van der Waals surface area contributed by atoms with Gasteiger partial charge in [0.05, 0.1) is 12.3 Å². The van der Waals surface area contributed by atoms with Gasteiger partial charge in [-0.2, -0.15) is 0 Å². The number of aromatic nitrogens is 1. The maximum absolute atomic E-state index is 12.3. The average Bonchev–Trinajstić information content (AvgIpc) is 3.21. The summed E-state index contributed by atoms with van der Waals surface area (Å²) in [6.45, 7) is 3.96. The van der Waals surface area contributed by atoms with Crippen molar-refractivity contribution in [1.29, 1.82) is 0 Å². The number of rotatable bonds is 3. The third-order valence-electron chi connectivity index (χ3n) is 4.62. The number of ether oxygens (including phenoxy) is 1. The molecule has 0 spiro atoms. The minimum absolute atomic E-state index is 0. The van der Waals surface area contributed by atoms with Gasteiger partial charge < -0.3 is 10.1 Å². The van der Waals surface area contributed by atoms with Gasteiger partial charge in [0, 0.05) is 23.5 Å². The van der Waals surface area contributed by atoms with E-state index < -0.39 is 6.10 Å². The molecular formula is C18H22ClN3O2S. The zero-order valence-electron chi connectivity index (χ0n) is 14.1. The Bertz CT molecular complexity index is 772. The van der Waals surface area contributed by atoms with Crippen LogP contribution in [-0.4, -0.2) is 36.7 Å². The largest absolute Gasteiger partial charge is 0.366 e. The number of morpholine rings is 1. The lowest BCUT2D eigenvalue weighted by atomic mass is 10.0. The molecule has 5 nitrogen and oxygen atoms in total. The molecule has 0 radical (unpaired) electrons. The summed E-state index contributed by atoms with van der Waals surface area (Å²) in [5, 5.41) is 6.70. The second-order valence-corrected chi connectivity index (χ2v) is 7.52. The Morgan fingerprint density at radius 1 is 1.36 bits per heavy atom. The van der Waals surface area contributed by atoms with Crippen LogP contribution in [0.2, 0.25) is 0 Å². The number of halogens is 1. The summed E-state index contributed by atoms with van der Waals surface area (Å²) in [5.74, 6) is -0.128. The van der Waals surface area contributed by atoms with Crippen molar-refractivity contribution < 1.29 is 9.53 Å². The Hall–Kier alpha value is -1.47. The summed E-state index contributed by atoms with van der Waals surface area (Å²) in [7, 11) is 0. The van der Waals surface area contributed by atoms with Crippen molar-refractivity contribution in [2.24, 2.45) is 0 Å². The van der Waals surface area contributed by atoms with Crippen LogP contribution < -0.4 is 10.6 Å². The molecule has 0 bridgehead atoms. The van der Waals surface area contributed by atoms with Crippen LogP contribution in [-0.2, 0) is 22.4 Å². The SMILES string of the molecule is Cc1sc(NC(=O)C2CNCCO2)nc1-c1ccc2c(c1)CCC2.Cl. The predicted molar refractivity (Wildman–Crippen MR) is 103 cm³/mol. The number of hydrogen-bond donors (Lipinski definition) is 2. The first-order chi connectivity index (χ1) is 11.7. The summed E-state index contributed by atoms with van der Waals surface area (Å²) < 4.78 is 5.49. The number of aryl methyl sites for hydroxylation is 3. The molecule has 4 rings (SSSR count). The molecule has 0 saturated carbocycles. The average molecular weight is 380 g/mol. The smallest absolute Gasteiger partial charge is 0.256 e. The summed E-state index contributed by atoms with van der Waals surface area (Å²) >= 11 is 1.52. The molecule has 1 aromatic heterocycles. The lowest BCUT2D eigenvalue weighted by molar-refractivity contribution is -0.128. The minimum Gasteiger partial charge on any atom is -0.366 e. The Balaban J connectivity index is 0.00000182. The van der Waals surface area contributed by atoms with Gasteiger partial charge in [0.2, 0.25) is 0 Å². The molecule has 2 aliphatic rings. The number of carbonyl (C=O) groups excluding carboxylic acids is 1. The third kappa shape index (κ3) is 3.87. The second kappa shape index (κ2) is 7.83. The zero-order chi connectivity index (χ0) is 16.5. The topological polar surface area (TPSA) is 63.2 Å². The lowest BCUT2D eigenvalue weighted by Gasteiger charge is -2.22. The number of carbonyl (C=O) groups is 1. The van der Waals surface area contributed by atoms with Crippen LogP contribution in [0.4, 0.5) is 5.13 Å². The molecule has 25 heavy (non-hydrogen) atoms. The molecule has 1 saturated heterocycles. The number of hydrogen-bond acceptors (Lipinski definition) is 5. The Morgan fingerprint density at radius 2 is 2.20 bits per heavy atom. The summed E-state index contributed by atoms with van der Waals surface area (Å²) in [5.41, 5.74) is 5.00. The van der Waals surface area contributed by atoms with E-state index in [2.05, 4.69) is 40.7 Å². The highest BCUT2D eigenvalue weighted by molar-refractivity contribution is 7.16. The van der Waals surface area contributed by atoms with Gasteiger partial charge in [0.1, 0.15) is 6.10 Å². The second-order valence-electron chi connectivity index (χ2n) is 6.31. The van der Waals surface area contributed by atoms with Gasteiger partial charge in [-0.05, 0) is 43.4 Å². The summed E-state index contributed by atoms with van der Waals surface area (Å²) in [6, 6.07) is 6.62. The van der Waals surface area contributed by atoms with E-state index in [9.17, 15) is 4.79 Å². The van der Waals surface area contributed by atoms with E-state index >= 15 is 0 Å². The van der Waals surface area contributed by atoms with E-state index in [1.807, 2.05) is 0 Å². The van der Waals surface area contributed by atoms with Gasteiger partial charge in [0.15, 0.2) is 5.13 Å². The predicted octanol–water partition coefficient (Wildman–Crippen LogP) is 2.96.